The highest BCUT2D eigenvalue weighted by atomic mass is 16.5. The van der Waals surface area contributed by atoms with Crippen LogP contribution < -0.4 is 20.3 Å². The molecule has 2 aromatic heterocycles. The van der Waals surface area contributed by atoms with E-state index in [1.54, 1.807) is 17.8 Å². The van der Waals surface area contributed by atoms with Crippen molar-refractivity contribution in [2.24, 2.45) is 0 Å². The van der Waals surface area contributed by atoms with Gasteiger partial charge in [0, 0.05) is 44.5 Å². The van der Waals surface area contributed by atoms with Gasteiger partial charge in [0.2, 0.25) is 5.88 Å². The second kappa shape index (κ2) is 7.67. The first kappa shape index (κ1) is 17.4. The number of hydrogen-bond acceptors (Lipinski definition) is 5. The van der Waals surface area contributed by atoms with Crippen molar-refractivity contribution in [1.82, 2.24) is 20.2 Å². The highest BCUT2D eigenvalue weighted by Gasteiger charge is 2.17. The number of benzene rings is 1. The molecular weight excluding hydrogens is 342 g/mol. The molecular formula is C20H23N5O2. The molecule has 140 valence electrons. The number of rotatable bonds is 5. The number of aromatic nitrogens is 2. The Hall–Kier alpha value is -3.06. The molecule has 4 rings (SSSR count). The molecule has 27 heavy (non-hydrogen) atoms. The minimum atomic E-state index is -0.145. The summed E-state index contributed by atoms with van der Waals surface area (Å²) < 4.78 is 6.92. The maximum Gasteiger partial charge on any atom is 0.255 e. The van der Waals surface area contributed by atoms with Gasteiger partial charge >= 0.3 is 0 Å². The number of nitrogens with one attached hydrogen (secondary N) is 2. The van der Waals surface area contributed by atoms with Crippen molar-refractivity contribution < 1.29 is 9.53 Å². The lowest BCUT2D eigenvalue weighted by Crippen LogP contribution is -2.44. The third-order valence-corrected chi connectivity index (χ3v) is 4.85. The van der Waals surface area contributed by atoms with Crippen LogP contribution in [0.2, 0.25) is 0 Å². The van der Waals surface area contributed by atoms with Gasteiger partial charge in [0.05, 0.1) is 24.4 Å². The smallest absolute Gasteiger partial charge is 0.255 e. The van der Waals surface area contributed by atoms with E-state index in [-0.39, 0.29) is 5.91 Å². The van der Waals surface area contributed by atoms with E-state index in [9.17, 15) is 4.79 Å². The third-order valence-electron chi connectivity index (χ3n) is 4.85. The molecule has 1 aliphatic heterocycles. The molecule has 0 spiro atoms. The number of hydrogen-bond donors (Lipinski definition) is 2. The number of piperazine rings is 1. The summed E-state index contributed by atoms with van der Waals surface area (Å²) in [7, 11) is 1.59. The van der Waals surface area contributed by atoms with Crippen molar-refractivity contribution in [3.8, 4) is 5.88 Å². The van der Waals surface area contributed by atoms with Gasteiger partial charge in [-0.1, -0.05) is 24.3 Å². The molecule has 1 fully saturated rings. The maximum atomic E-state index is 12.8. The first-order valence-corrected chi connectivity index (χ1v) is 9.10. The normalized spacial score (nSPS) is 14.3. The Bertz CT molecular complexity index is 946. The summed E-state index contributed by atoms with van der Waals surface area (Å²) in [6.45, 7) is 4.37. The third kappa shape index (κ3) is 3.46. The van der Waals surface area contributed by atoms with E-state index in [4.69, 9.17) is 4.74 Å². The molecule has 2 N–H and O–H groups in total. The monoisotopic (exact) mass is 365 g/mol. The zero-order valence-electron chi connectivity index (χ0n) is 15.3. The van der Waals surface area contributed by atoms with Crippen molar-refractivity contribution in [3.05, 3.63) is 59.8 Å². The quantitative estimate of drug-likeness (QED) is 0.720. The maximum absolute atomic E-state index is 12.8. The van der Waals surface area contributed by atoms with Gasteiger partial charge in [-0.3, -0.25) is 4.79 Å². The van der Waals surface area contributed by atoms with Crippen LogP contribution in [0.4, 0.5) is 5.69 Å². The summed E-state index contributed by atoms with van der Waals surface area (Å²) in [5.41, 5.74) is 3.55. The van der Waals surface area contributed by atoms with E-state index in [0.717, 1.165) is 37.3 Å². The van der Waals surface area contributed by atoms with Crippen LogP contribution in [0.1, 0.15) is 15.9 Å². The van der Waals surface area contributed by atoms with Gasteiger partial charge in [0.25, 0.3) is 5.91 Å². The van der Waals surface area contributed by atoms with E-state index in [0.29, 0.717) is 18.0 Å². The van der Waals surface area contributed by atoms with Gasteiger partial charge in [-0.05, 0) is 17.7 Å². The molecule has 3 heterocycles. The largest absolute Gasteiger partial charge is 0.481 e. The van der Waals surface area contributed by atoms with Crippen molar-refractivity contribution in [2.45, 2.75) is 6.54 Å². The van der Waals surface area contributed by atoms with Crippen LogP contribution in [-0.2, 0) is 6.54 Å². The highest BCUT2D eigenvalue weighted by Crippen LogP contribution is 2.21. The molecule has 0 unspecified atom stereocenters. The van der Waals surface area contributed by atoms with Crippen LogP contribution in [-0.4, -0.2) is 48.8 Å². The Morgan fingerprint density at radius 2 is 2.00 bits per heavy atom. The Balaban J connectivity index is 1.52. The number of para-hydroxylation sites is 1. The number of methoxy groups -OCH3 is 1. The molecule has 1 aromatic carbocycles. The summed E-state index contributed by atoms with van der Waals surface area (Å²) in [5, 5.41) is 10.7. The topological polar surface area (TPSA) is 70.9 Å². The van der Waals surface area contributed by atoms with Crippen LogP contribution in [0, 0.1) is 0 Å². The predicted molar refractivity (Wildman–Crippen MR) is 104 cm³/mol. The van der Waals surface area contributed by atoms with Crippen LogP contribution in [0.25, 0.3) is 5.52 Å². The molecule has 0 aliphatic carbocycles. The molecule has 0 radical (unpaired) electrons. The summed E-state index contributed by atoms with van der Waals surface area (Å²) in [6.07, 6.45) is 1.58. The number of pyridine rings is 1. The van der Waals surface area contributed by atoms with E-state index >= 15 is 0 Å². The van der Waals surface area contributed by atoms with E-state index in [1.807, 2.05) is 30.3 Å². The van der Waals surface area contributed by atoms with Gasteiger partial charge in [0.1, 0.15) is 0 Å². The Morgan fingerprint density at radius 1 is 1.19 bits per heavy atom. The van der Waals surface area contributed by atoms with Gasteiger partial charge in [0.15, 0.2) is 0 Å². The fraction of sp³-hybridized carbons (Fsp3) is 0.300. The van der Waals surface area contributed by atoms with Crippen molar-refractivity contribution >= 4 is 17.1 Å². The van der Waals surface area contributed by atoms with Gasteiger partial charge < -0.3 is 20.3 Å². The van der Waals surface area contributed by atoms with Crippen LogP contribution in [0.15, 0.2) is 48.7 Å². The van der Waals surface area contributed by atoms with Crippen molar-refractivity contribution in [2.75, 3.05) is 38.2 Å². The van der Waals surface area contributed by atoms with Gasteiger partial charge in [-0.25, -0.2) is 4.52 Å². The zero-order valence-corrected chi connectivity index (χ0v) is 15.3. The SMILES string of the molecule is COc1cccc2c(C(=O)NCc3ccccc3N3CCNCC3)cnn12. The van der Waals surface area contributed by atoms with E-state index in [1.165, 1.54) is 5.69 Å². The molecule has 1 saturated heterocycles. The molecule has 1 amide bonds. The second-order valence-electron chi connectivity index (χ2n) is 6.47. The molecule has 0 saturated carbocycles. The first-order valence-electron chi connectivity index (χ1n) is 9.10. The molecule has 0 atom stereocenters. The standard InChI is InChI=1S/C20H23N5O2/c1-27-19-8-4-7-18-16(14-23-25(18)19)20(26)22-13-15-5-2-3-6-17(15)24-11-9-21-10-12-24/h2-8,14,21H,9-13H2,1H3,(H,22,26). The fourth-order valence-electron chi connectivity index (χ4n) is 3.46. The second-order valence-corrected chi connectivity index (χ2v) is 6.47. The number of amides is 1. The average molecular weight is 365 g/mol. The Labute approximate surface area is 157 Å². The Morgan fingerprint density at radius 3 is 2.81 bits per heavy atom. The van der Waals surface area contributed by atoms with E-state index < -0.39 is 0 Å². The molecule has 1 aliphatic rings. The highest BCUT2D eigenvalue weighted by molar-refractivity contribution is 6.00. The van der Waals surface area contributed by atoms with Crippen molar-refractivity contribution in [1.29, 1.82) is 0 Å². The Kier molecular flexibility index (Phi) is 4.93. The van der Waals surface area contributed by atoms with Gasteiger partial charge in [-0.2, -0.15) is 5.10 Å². The minimum absolute atomic E-state index is 0.145. The fourth-order valence-corrected chi connectivity index (χ4v) is 3.46. The zero-order chi connectivity index (χ0) is 18.6. The number of fused-ring (bicyclic) bond motifs is 1. The lowest BCUT2D eigenvalue weighted by atomic mass is 10.1. The summed E-state index contributed by atoms with van der Waals surface area (Å²) in [4.78, 5) is 15.1. The summed E-state index contributed by atoms with van der Waals surface area (Å²) in [5.74, 6) is 0.448. The summed E-state index contributed by atoms with van der Waals surface area (Å²) in [6, 6.07) is 13.8. The summed E-state index contributed by atoms with van der Waals surface area (Å²) >= 11 is 0. The number of nitrogens with zero attached hydrogens (tertiary/aromatic N) is 3. The van der Waals surface area contributed by atoms with Crippen LogP contribution >= 0.6 is 0 Å². The lowest BCUT2D eigenvalue weighted by Gasteiger charge is -2.31. The molecule has 3 aromatic rings. The van der Waals surface area contributed by atoms with E-state index in [2.05, 4.69) is 32.8 Å². The predicted octanol–water partition coefficient (Wildman–Crippen LogP) is 1.68. The average Bonchev–Trinajstić information content (AvgIpc) is 3.17. The lowest BCUT2D eigenvalue weighted by molar-refractivity contribution is 0.0952. The molecule has 7 heteroatoms. The molecule has 7 nitrogen and oxygen atoms in total. The van der Waals surface area contributed by atoms with Gasteiger partial charge in [-0.15, -0.1) is 0 Å². The number of anilines is 1. The molecule has 0 bridgehead atoms. The number of ether oxygens (including phenoxy) is 1. The van der Waals surface area contributed by atoms with Crippen LogP contribution in [0.5, 0.6) is 5.88 Å². The minimum Gasteiger partial charge on any atom is -0.481 e. The number of carbonyl (C=O) groups is 1. The van der Waals surface area contributed by atoms with Crippen molar-refractivity contribution in [3.63, 3.8) is 0 Å². The number of carbonyl (C=O) groups excluding carboxylic acids is 1. The van der Waals surface area contributed by atoms with Crippen LogP contribution in [0.3, 0.4) is 0 Å². The first-order chi connectivity index (χ1) is 13.3.